The molecule has 2 aromatic carbocycles. The maximum atomic E-state index is 11.5. The van der Waals surface area contributed by atoms with Crippen LogP contribution in [0.15, 0.2) is 39.7 Å². The number of primary sulfonamides is 1. The fraction of sp³-hybridized carbons (Fsp3) is 0.143. The number of benzene rings is 2. The van der Waals surface area contributed by atoms with Crippen molar-refractivity contribution in [2.45, 2.75) is 18.7 Å². The third-order valence-corrected chi connectivity index (χ3v) is 4.56. The number of nitrogens with one attached hydrogen (secondary N) is 1. The average molecular weight is 370 g/mol. The van der Waals surface area contributed by atoms with Gasteiger partial charge in [-0.3, -0.25) is 0 Å². The zero-order valence-corrected chi connectivity index (χ0v) is 14.0. The minimum absolute atomic E-state index is 0.0834. The minimum atomic E-state index is -3.85. The van der Waals surface area contributed by atoms with Gasteiger partial charge in [0.15, 0.2) is 0 Å². The maximum absolute atomic E-state index is 11.5. The highest BCUT2D eigenvalue weighted by Gasteiger charge is 2.15. The standard InChI is InChI=1S/C14H16BrN3O2S/c1-8-6-10(15)7-9(2)14(8)18-11-4-3-5-12(13(11)16)21(17,19)20/h3-7,18H,16H2,1-2H3,(H2,17,19,20). The molecule has 2 aromatic rings. The average Bonchev–Trinajstić information content (AvgIpc) is 2.33. The minimum Gasteiger partial charge on any atom is -0.396 e. The zero-order valence-electron chi connectivity index (χ0n) is 11.6. The summed E-state index contributed by atoms with van der Waals surface area (Å²) >= 11 is 3.44. The van der Waals surface area contributed by atoms with E-state index in [2.05, 4.69) is 21.2 Å². The first-order valence-corrected chi connectivity index (χ1v) is 8.49. The second-order valence-electron chi connectivity index (χ2n) is 4.80. The van der Waals surface area contributed by atoms with Gasteiger partial charge < -0.3 is 11.1 Å². The Morgan fingerprint density at radius 3 is 2.24 bits per heavy atom. The number of hydrogen-bond donors (Lipinski definition) is 3. The van der Waals surface area contributed by atoms with E-state index < -0.39 is 10.0 Å². The molecule has 0 spiro atoms. The van der Waals surface area contributed by atoms with Crippen molar-refractivity contribution in [2.75, 3.05) is 11.1 Å². The molecule has 0 unspecified atom stereocenters. The van der Waals surface area contributed by atoms with Crippen LogP contribution >= 0.6 is 15.9 Å². The molecule has 0 atom stereocenters. The Morgan fingerprint density at radius 2 is 1.71 bits per heavy atom. The van der Waals surface area contributed by atoms with Crippen LogP contribution in [0, 0.1) is 13.8 Å². The quantitative estimate of drug-likeness (QED) is 0.724. The molecule has 2 rings (SSSR count). The third kappa shape index (κ3) is 3.37. The molecular weight excluding hydrogens is 354 g/mol. The molecule has 0 heterocycles. The third-order valence-electron chi connectivity index (χ3n) is 3.13. The van der Waals surface area contributed by atoms with Gasteiger partial charge in [-0.15, -0.1) is 0 Å². The molecule has 0 aliphatic carbocycles. The molecule has 0 saturated carbocycles. The van der Waals surface area contributed by atoms with Crippen molar-refractivity contribution in [1.29, 1.82) is 0 Å². The molecule has 0 aliphatic heterocycles. The molecule has 0 saturated heterocycles. The van der Waals surface area contributed by atoms with Crippen molar-refractivity contribution < 1.29 is 8.42 Å². The fourth-order valence-corrected chi connectivity index (χ4v) is 3.52. The molecule has 0 aliphatic rings. The SMILES string of the molecule is Cc1cc(Br)cc(C)c1Nc1cccc(S(N)(=O)=O)c1N. The van der Waals surface area contributed by atoms with Crippen molar-refractivity contribution in [2.24, 2.45) is 5.14 Å². The van der Waals surface area contributed by atoms with Gasteiger partial charge >= 0.3 is 0 Å². The predicted octanol–water partition coefficient (Wildman–Crippen LogP) is 3.04. The van der Waals surface area contributed by atoms with Crippen LogP contribution in [0.4, 0.5) is 17.1 Å². The van der Waals surface area contributed by atoms with Crippen molar-refractivity contribution >= 4 is 43.0 Å². The van der Waals surface area contributed by atoms with Gasteiger partial charge in [0.1, 0.15) is 4.90 Å². The van der Waals surface area contributed by atoms with Crippen LogP contribution in [0.3, 0.4) is 0 Å². The first-order valence-electron chi connectivity index (χ1n) is 6.15. The molecule has 0 radical (unpaired) electrons. The summed E-state index contributed by atoms with van der Waals surface area (Å²) in [5.41, 5.74) is 9.46. The molecular formula is C14H16BrN3O2S. The highest BCUT2D eigenvalue weighted by molar-refractivity contribution is 9.10. The van der Waals surface area contributed by atoms with Crippen LogP contribution in [-0.4, -0.2) is 8.42 Å². The highest BCUT2D eigenvalue weighted by Crippen LogP contribution is 2.32. The van der Waals surface area contributed by atoms with E-state index in [1.165, 1.54) is 6.07 Å². The van der Waals surface area contributed by atoms with Crippen LogP contribution in [0.25, 0.3) is 0 Å². The van der Waals surface area contributed by atoms with Crippen LogP contribution in [0.5, 0.6) is 0 Å². The lowest BCUT2D eigenvalue weighted by Crippen LogP contribution is -2.15. The Bertz CT molecular complexity index is 781. The predicted molar refractivity (Wildman–Crippen MR) is 89.1 cm³/mol. The van der Waals surface area contributed by atoms with Gasteiger partial charge in [-0.2, -0.15) is 0 Å². The van der Waals surface area contributed by atoms with E-state index in [4.69, 9.17) is 10.9 Å². The lowest BCUT2D eigenvalue weighted by molar-refractivity contribution is 0.598. The van der Waals surface area contributed by atoms with Crippen molar-refractivity contribution in [1.82, 2.24) is 0 Å². The van der Waals surface area contributed by atoms with E-state index in [0.29, 0.717) is 5.69 Å². The Labute approximate surface area is 132 Å². The lowest BCUT2D eigenvalue weighted by atomic mass is 10.1. The van der Waals surface area contributed by atoms with Gasteiger partial charge in [-0.1, -0.05) is 22.0 Å². The van der Waals surface area contributed by atoms with Crippen LogP contribution in [0.1, 0.15) is 11.1 Å². The number of nitrogen functional groups attached to an aromatic ring is 1. The van der Waals surface area contributed by atoms with E-state index in [-0.39, 0.29) is 10.6 Å². The van der Waals surface area contributed by atoms with Crippen molar-refractivity contribution in [3.05, 3.63) is 45.9 Å². The summed E-state index contributed by atoms with van der Waals surface area (Å²) in [5.74, 6) is 0. The summed E-state index contributed by atoms with van der Waals surface area (Å²) in [4.78, 5) is -0.0834. The van der Waals surface area contributed by atoms with Gasteiger partial charge in [0.05, 0.1) is 11.4 Å². The number of para-hydroxylation sites is 1. The first kappa shape index (κ1) is 15.8. The number of hydrogen-bond acceptors (Lipinski definition) is 4. The molecule has 21 heavy (non-hydrogen) atoms. The van der Waals surface area contributed by atoms with Gasteiger partial charge in [0.2, 0.25) is 10.0 Å². The summed E-state index contributed by atoms with van der Waals surface area (Å²) in [6.07, 6.45) is 0. The van der Waals surface area contributed by atoms with Gasteiger partial charge in [-0.05, 0) is 49.2 Å². The fourth-order valence-electron chi connectivity index (χ4n) is 2.14. The van der Waals surface area contributed by atoms with Crippen LogP contribution in [-0.2, 0) is 10.0 Å². The Morgan fingerprint density at radius 1 is 1.14 bits per heavy atom. The number of sulfonamides is 1. The van der Waals surface area contributed by atoms with E-state index in [0.717, 1.165) is 21.3 Å². The van der Waals surface area contributed by atoms with Crippen LogP contribution < -0.4 is 16.2 Å². The smallest absolute Gasteiger partial charge is 0.240 e. The second-order valence-corrected chi connectivity index (χ2v) is 7.25. The van der Waals surface area contributed by atoms with E-state index in [9.17, 15) is 8.42 Å². The normalized spacial score (nSPS) is 11.4. The van der Waals surface area contributed by atoms with E-state index >= 15 is 0 Å². The van der Waals surface area contributed by atoms with Gasteiger partial charge in [0, 0.05) is 10.2 Å². The van der Waals surface area contributed by atoms with Gasteiger partial charge in [0.25, 0.3) is 0 Å². The Hall–Kier alpha value is -1.57. The lowest BCUT2D eigenvalue weighted by Gasteiger charge is -2.16. The molecule has 112 valence electrons. The van der Waals surface area contributed by atoms with Crippen molar-refractivity contribution in [3.63, 3.8) is 0 Å². The van der Waals surface area contributed by atoms with Crippen LogP contribution in [0.2, 0.25) is 0 Å². The molecule has 5 N–H and O–H groups in total. The molecule has 0 bridgehead atoms. The summed E-state index contributed by atoms with van der Waals surface area (Å²) in [5, 5.41) is 8.34. The van der Waals surface area contributed by atoms with E-state index in [1.54, 1.807) is 12.1 Å². The Kier molecular flexibility index (Phi) is 4.27. The summed E-state index contributed by atoms with van der Waals surface area (Å²) < 4.78 is 24.0. The summed E-state index contributed by atoms with van der Waals surface area (Å²) in [6.45, 7) is 3.92. The Balaban J connectivity index is 2.51. The number of aryl methyl sites for hydroxylation is 2. The summed E-state index contributed by atoms with van der Waals surface area (Å²) in [6, 6.07) is 8.63. The number of nitrogens with two attached hydrogens (primary N) is 2. The molecule has 0 amide bonds. The maximum Gasteiger partial charge on any atom is 0.240 e. The second kappa shape index (κ2) is 5.67. The number of rotatable bonds is 3. The molecule has 0 fully saturated rings. The highest BCUT2D eigenvalue weighted by atomic mass is 79.9. The van der Waals surface area contributed by atoms with Crippen molar-refractivity contribution in [3.8, 4) is 0 Å². The van der Waals surface area contributed by atoms with E-state index in [1.807, 2.05) is 26.0 Å². The molecule has 5 nitrogen and oxygen atoms in total. The topological polar surface area (TPSA) is 98.2 Å². The first-order chi connectivity index (χ1) is 9.70. The zero-order chi connectivity index (χ0) is 15.8. The molecule has 7 heteroatoms. The molecule has 0 aromatic heterocycles. The summed E-state index contributed by atoms with van der Waals surface area (Å²) in [7, 11) is -3.85. The number of anilines is 3. The number of halogens is 1. The largest absolute Gasteiger partial charge is 0.396 e. The van der Waals surface area contributed by atoms with Gasteiger partial charge in [-0.25, -0.2) is 13.6 Å². The monoisotopic (exact) mass is 369 g/mol.